The molecule has 2 amide bonds. The van der Waals surface area contributed by atoms with E-state index in [1.807, 2.05) is 48.5 Å². The van der Waals surface area contributed by atoms with E-state index in [0.29, 0.717) is 43.4 Å². The average molecular weight is 592 g/mol. The topological polar surface area (TPSA) is 103 Å². The summed E-state index contributed by atoms with van der Waals surface area (Å²) < 4.78 is 0. The van der Waals surface area contributed by atoms with E-state index in [4.69, 9.17) is 34.8 Å². The van der Waals surface area contributed by atoms with Gasteiger partial charge in [-0.3, -0.25) is 14.6 Å². The number of aliphatic hydroxyl groups excluding tert-OH is 1. The molecule has 2 aliphatic rings. The zero-order chi connectivity index (χ0) is 28.2. The molecule has 10 heteroatoms. The zero-order valence-electron chi connectivity index (χ0n) is 20.7. The number of hydrogen-bond donors (Lipinski definition) is 3. The van der Waals surface area contributed by atoms with E-state index in [1.165, 1.54) is 0 Å². The maximum absolute atomic E-state index is 11.7. The number of hydrogen-bond acceptors (Lipinski definition) is 5. The van der Waals surface area contributed by atoms with Gasteiger partial charge < -0.3 is 15.7 Å². The molecule has 7 nitrogen and oxygen atoms in total. The Hall–Kier alpha value is -4.01. The molecule has 40 heavy (non-hydrogen) atoms. The molecule has 6 rings (SSSR count). The van der Waals surface area contributed by atoms with Gasteiger partial charge in [-0.1, -0.05) is 83.3 Å². The smallest absolute Gasteiger partial charge is 0.276 e. The van der Waals surface area contributed by atoms with Crippen LogP contribution in [-0.2, 0) is 9.59 Å². The number of anilines is 2. The van der Waals surface area contributed by atoms with Crippen LogP contribution in [0.5, 0.6) is 0 Å². The lowest BCUT2D eigenvalue weighted by molar-refractivity contribution is -0.123. The Morgan fingerprint density at radius 1 is 0.700 bits per heavy atom. The van der Waals surface area contributed by atoms with Crippen molar-refractivity contribution in [2.45, 2.75) is 6.23 Å². The minimum atomic E-state index is -1.43. The lowest BCUT2D eigenvalue weighted by Gasteiger charge is -2.11. The predicted octanol–water partition coefficient (Wildman–Crippen LogP) is 6.23. The van der Waals surface area contributed by atoms with Crippen molar-refractivity contribution in [3.63, 3.8) is 0 Å². The highest BCUT2D eigenvalue weighted by Crippen LogP contribution is 2.29. The standard InChI is InChI=1S/C15H10Cl2N2O.C15H11ClN2O2/c16-9-5-6-13-11(7-9)15(18-8-14(20)19-13)10-3-1-2-4-12(10)17;16-10-6-7-12-11(8-10)13(9-4-2-1-3-5-9)18-15(20)14(19)17-12/h1-7H,8H2,(H,19,20);1-8,15,20H,(H,17,19). The van der Waals surface area contributed by atoms with Crippen molar-refractivity contribution in [2.24, 2.45) is 9.98 Å². The maximum Gasteiger partial charge on any atom is 0.276 e. The minimum Gasteiger partial charge on any atom is -0.364 e. The monoisotopic (exact) mass is 590 g/mol. The van der Waals surface area contributed by atoms with E-state index in [1.54, 1.807) is 42.5 Å². The number of nitrogens with zero attached hydrogens (tertiary/aromatic N) is 2. The molecular formula is C30H21Cl3N4O3. The number of fused-ring (bicyclic) bond motifs is 2. The number of carbonyl (C=O) groups excluding carboxylic acids is 2. The molecule has 2 aliphatic heterocycles. The van der Waals surface area contributed by atoms with Gasteiger partial charge in [-0.15, -0.1) is 0 Å². The fraction of sp³-hybridized carbons (Fsp3) is 0.0667. The third-order valence-corrected chi connectivity index (χ3v) is 6.85. The first-order valence-corrected chi connectivity index (χ1v) is 13.2. The van der Waals surface area contributed by atoms with Crippen LogP contribution in [0.4, 0.5) is 11.4 Å². The van der Waals surface area contributed by atoms with Gasteiger partial charge in [0, 0.05) is 37.3 Å². The number of aliphatic imine (C=N–C) groups is 2. The summed E-state index contributed by atoms with van der Waals surface area (Å²) in [5.41, 5.74) is 5.54. The lowest BCUT2D eigenvalue weighted by Crippen LogP contribution is -2.24. The molecule has 2 heterocycles. The van der Waals surface area contributed by atoms with Crippen molar-refractivity contribution in [3.8, 4) is 0 Å². The second-order valence-electron chi connectivity index (χ2n) is 8.78. The predicted molar refractivity (Wildman–Crippen MR) is 160 cm³/mol. The first-order chi connectivity index (χ1) is 19.3. The molecule has 0 spiro atoms. The second kappa shape index (κ2) is 12.0. The van der Waals surface area contributed by atoms with E-state index in [2.05, 4.69) is 20.6 Å². The lowest BCUT2D eigenvalue weighted by atomic mass is 10.0. The number of rotatable bonds is 2. The van der Waals surface area contributed by atoms with Gasteiger partial charge in [0.1, 0.15) is 6.54 Å². The zero-order valence-corrected chi connectivity index (χ0v) is 23.0. The van der Waals surface area contributed by atoms with Crippen molar-refractivity contribution < 1.29 is 14.7 Å². The SMILES string of the molecule is O=C1CN=C(c2ccccc2Cl)c2cc(Cl)ccc2N1.O=C1Nc2ccc(Cl)cc2C(c2ccccc2)=NC1O. The number of halogens is 3. The van der Waals surface area contributed by atoms with Crippen LogP contribution in [-0.4, -0.2) is 41.1 Å². The van der Waals surface area contributed by atoms with E-state index in [0.717, 1.165) is 16.7 Å². The van der Waals surface area contributed by atoms with Crippen LogP contribution in [0.25, 0.3) is 0 Å². The highest BCUT2D eigenvalue weighted by molar-refractivity contribution is 6.37. The fourth-order valence-corrected chi connectivity index (χ4v) is 4.80. The first kappa shape index (κ1) is 27.6. The average Bonchev–Trinajstić information content (AvgIpc) is 3.19. The van der Waals surface area contributed by atoms with E-state index >= 15 is 0 Å². The summed E-state index contributed by atoms with van der Waals surface area (Å²) in [6.07, 6.45) is -1.43. The largest absolute Gasteiger partial charge is 0.364 e. The summed E-state index contributed by atoms with van der Waals surface area (Å²) in [6, 6.07) is 27.2. The van der Waals surface area contributed by atoms with Crippen molar-refractivity contribution in [1.29, 1.82) is 0 Å². The molecule has 0 aliphatic carbocycles. The van der Waals surface area contributed by atoms with Gasteiger partial charge in [0.2, 0.25) is 12.1 Å². The fourth-order valence-electron chi connectivity index (χ4n) is 4.23. The van der Waals surface area contributed by atoms with E-state index in [-0.39, 0.29) is 12.5 Å². The Balaban J connectivity index is 0.000000161. The second-order valence-corrected chi connectivity index (χ2v) is 10.1. The van der Waals surface area contributed by atoms with E-state index < -0.39 is 12.1 Å². The highest BCUT2D eigenvalue weighted by Gasteiger charge is 2.24. The molecule has 0 aromatic heterocycles. The number of benzene rings is 4. The van der Waals surface area contributed by atoms with Gasteiger partial charge in [-0.05, 0) is 42.5 Å². The summed E-state index contributed by atoms with van der Waals surface area (Å²) in [5.74, 6) is -0.713. The van der Waals surface area contributed by atoms with Gasteiger partial charge in [0.05, 0.1) is 22.8 Å². The Bertz CT molecular complexity index is 1670. The molecule has 0 saturated carbocycles. The Kier molecular flexibility index (Phi) is 8.28. The van der Waals surface area contributed by atoms with Crippen LogP contribution in [0.3, 0.4) is 0 Å². The van der Waals surface area contributed by atoms with Gasteiger partial charge in [0.25, 0.3) is 5.91 Å². The maximum atomic E-state index is 11.7. The molecule has 0 radical (unpaired) electrons. The molecule has 3 N–H and O–H groups in total. The van der Waals surface area contributed by atoms with Crippen molar-refractivity contribution in [1.82, 2.24) is 0 Å². The molecule has 0 fully saturated rings. The van der Waals surface area contributed by atoms with Crippen LogP contribution >= 0.6 is 34.8 Å². The third kappa shape index (κ3) is 6.08. The molecule has 1 atom stereocenters. The van der Waals surface area contributed by atoms with Crippen molar-refractivity contribution in [2.75, 3.05) is 17.2 Å². The number of carbonyl (C=O) groups is 2. The summed E-state index contributed by atoms with van der Waals surface area (Å²) in [6.45, 7) is 0.0624. The van der Waals surface area contributed by atoms with Crippen LogP contribution in [0.15, 0.2) is 101 Å². The Morgan fingerprint density at radius 2 is 1.30 bits per heavy atom. The molecule has 4 aromatic carbocycles. The number of nitrogens with one attached hydrogen (secondary N) is 2. The molecule has 4 aromatic rings. The van der Waals surface area contributed by atoms with Gasteiger partial charge in [-0.2, -0.15) is 0 Å². The molecular weight excluding hydrogens is 571 g/mol. The van der Waals surface area contributed by atoms with Crippen LogP contribution in [0.2, 0.25) is 15.1 Å². The van der Waals surface area contributed by atoms with Crippen LogP contribution in [0.1, 0.15) is 22.3 Å². The number of amides is 2. The number of aliphatic hydroxyl groups is 1. The Labute approximate surface area is 245 Å². The normalized spacial score (nSPS) is 15.9. The van der Waals surface area contributed by atoms with Crippen LogP contribution in [0, 0.1) is 0 Å². The Morgan fingerprint density at radius 3 is 1.98 bits per heavy atom. The van der Waals surface area contributed by atoms with E-state index in [9.17, 15) is 14.7 Å². The summed E-state index contributed by atoms with van der Waals surface area (Å²) in [4.78, 5) is 31.9. The van der Waals surface area contributed by atoms with Gasteiger partial charge in [0.15, 0.2) is 0 Å². The van der Waals surface area contributed by atoms with Crippen LogP contribution < -0.4 is 10.6 Å². The molecule has 200 valence electrons. The van der Waals surface area contributed by atoms with Gasteiger partial charge >= 0.3 is 0 Å². The van der Waals surface area contributed by atoms with Gasteiger partial charge in [-0.25, -0.2) is 4.99 Å². The molecule has 0 bridgehead atoms. The molecule has 0 saturated heterocycles. The molecule has 1 unspecified atom stereocenters. The quantitative estimate of drug-likeness (QED) is 0.257. The highest BCUT2D eigenvalue weighted by atomic mass is 35.5. The van der Waals surface area contributed by atoms with Crippen molar-refractivity contribution in [3.05, 3.63) is 128 Å². The summed E-state index contributed by atoms with van der Waals surface area (Å²) in [5, 5.41) is 17.0. The van der Waals surface area contributed by atoms with Crippen molar-refractivity contribution >= 4 is 69.4 Å². The number of benzodiazepines with no additional fused rings is 2. The summed E-state index contributed by atoms with van der Waals surface area (Å²) >= 11 is 18.3. The first-order valence-electron chi connectivity index (χ1n) is 12.1. The minimum absolute atomic E-state index is 0.0624. The third-order valence-electron chi connectivity index (χ3n) is 6.05. The summed E-state index contributed by atoms with van der Waals surface area (Å²) in [7, 11) is 0.